The Kier molecular flexibility index (Phi) is 4.31. The topological polar surface area (TPSA) is 72.5 Å². The van der Waals surface area contributed by atoms with Crippen molar-refractivity contribution in [2.24, 2.45) is 5.73 Å². The molecule has 1 aromatic carbocycles. The van der Waals surface area contributed by atoms with E-state index in [2.05, 4.69) is 4.74 Å². The van der Waals surface area contributed by atoms with Gasteiger partial charge in [-0.25, -0.2) is 4.79 Å². The smallest absolute Gasteiger partial charge is 0.341 e. The lowest BCUT2D eigenvalue weighted by atomic mass is 10.0. The molecular weight excluding hydrogens is 206 g/mol. The van der Waals surface area contributed by atoms with Gasteiger partial charge in [0.05, 0.1) is 7.11 Å². The lowest BCUT2D eigenvalue weighted by Gasteiger charge is -2.07. The quantitative estimate of drug-likeness (QED) is 0.758. The van der Waals surface area contributed by atoms with Crippen molar-refractivity contribution in [2.75, 3.05) is 7.11 Å². The maximum absolute atomic E-state index is 11.3. The molecule has 0 radical (unpaired) electrons. The highest BCUT2D eigenvalue weighted by Gasteiger charge is 2.12. The first-order valence-electron chi connectivity index (χ1n) is 5.20. The number of phenols is 1. The van der Waals surface area contributed by atoms with Crippen LogP contribution in [0.4, 0.5) is 0 Å². The first-order chi connectivity index (χ1) is 7.54. The molecule has 1 atom stereocenters. The number of aromatic hydroxyl groups is 1. The maximum Gasteiger partial charge on any atom is 0.341 e. The number of hydrogen-bond acceptors (Lipinski definition) is 4. The number of benzene rings is 1. The van der Waals surface area contributed by atoms with Gasteiger partial charge in [0, 0.05) is 6.04 Å². The number of esters is 1. The molecule has 4 nitrogen and oxygen atoms in total. The largest absolute Gasteiger partial charge is 0.507 e. The van der Waals surface area contributed by atoms with Gasteiger partial charge in [-0.05, 0) is 37.5 Å². The Morgan fingerprint density at radius 1 is 1.56 bits per heavy atom. The number of rotatable bonds is 4. The SMILES string of the molecule is COC(=O)c1cc(CCC(C)N)ccc1O. The molecule has 1 unspecified atom stereocenters. The fourth-order valence-corrected chi connectivity index (χ4v) is 1.41. The van der Waals surface area contributed by atoms with E-state index in [0.717, 1.165) is 18.4 Å². The third-order valence-corrected chi connectivity index (χ3v) is 2.35. The molecular formula is C12H17NO3. The van der Waals surface area contributed by atoms with Crippen molar-refractivity contribution in [2.45, 2.75) is 25.8 Å². The Morgan fingerprint density at radius 2 is 2.25 bits per heavy atom. The summed E-state index contributed by atoms with van der Waals surface area (Å²) in [6.07, 6.45) is 1.62. The zero-order valence-corrected chi connectivity index (χ0v) is 9.56. The molecule has 0 fully saturated rings. The molecule has 0 aliphatic heterocycles. The molecule has 1 rings (SSSR count). The second kappa shape index (κ2) is 5.51. The van der Waals surface area contributed by atoms with Gasteiger partial charge in [0.25, 0.3) is 0 Å². The molecule has 0 bridgehead atoms. The van der Waals surface area contributed by atoms with E-state index in [4.69, 9.17) is 5.73 Å². The number of nitrogens with two attached hydrogens (primary N) is 1. The average Bonchev–Trinajstić information content (AvgIpc) is 2.27. The van der Waals surface area contributed by atoms with E-state index in [9.17, 15) is 9.90 Å². The number of methoxy groups -OCH3 is 1. The van der Waals surface area contributed by atoms with Crippen LogP contribution in [0.2, 0.25) is 0 Å². The van der Waals surface area contributed by atoms with Crippen molar-refractivity contribution >= 4 is 5.97 Å². The van der Waals surface area contributed by atoms with E-state index in [-0.39, 0.29) is 17.4 Å². The van der Waals surface area contributed by atoms with Gasteiger partial charge in [-0.15, -0.1) is 0 Å². The Balaban J connectivity index is 2.85. The van der Waals surface area contributed by atoms with E-state index < -0.39 is 5.97 Å². The molecule has 0 amide bonds. The molecule has 16 heavy (non-hydrogen) atoms. The summed E-state index contributed by atoms with van der Waals surface area (Å²) in [4.78, 5) is 11.3. The van der Waals surface area contributed by atoms with Crippen LogP contribution in [0.3, 0.4) is 0 Å². The Bertz CT molecular complexity index is 375. The minimum Gasteiger partial charge on any atom is -0.507 e. The molecule has 0 aliphatic rings. The van der Waals surface area contributed by atoms with Crippen molar-refractivity contribution < 1.29 is 14.6 Å². The van der Waals surface area contributed by atoms with Gasteiger partial charge in [-0.2, -0.15) is 0 Å². The number of hydrogen-bond donors (Lipinski definition) is 2. The Hall–Kier alpha value is -1.55. The standard InChI is InChI=1S/C12H17NO3/c1-8(13)3-4-9-5-6-11(14)10(7-9)12(15)16-2/h5-8,14H,3-4,13H2,1-2H3. The van der Waals surface area contributed by atoms with E-state index in [1.165, 1.54) is 13.2 Å². The summed E-state index contributed by atoms with van der Waals surface area (Å²) >= 11 is 0. The fourth-order valence-electron chi connectivity index (χ4n) is 1.41. The number of aryl methyl sites for hydroxylation is 1. The maximum atomic E-state index is 11.3. The van der Waals surface area contributed by atoms with Gasteiger partial charge in [0.15, 0.2) is 0 Å². The van der Waals surface area contributed by atoms with E-state index in [1.54, 1.807) is 12.1 Å². The highest BCUT2D eigenvalue weighted by Crippen LogP contribution is 2.20. The predicted octanol–water partition coefficient (Wildman–Crippen LogP) is 1.46. The predicted molar refractivity (Wildman–Crippen MR) is 61.4 cm³/mol. The van der Waals surface area contributed by atoms with Crippen molar-refractivity contribution in [1.82, 2.24) is 0 Å². The van der Waals surface area contributed by atoms with Gasteiger partial charge in [-0.3, -0.25) is 0 Å². The van der Waals surface area contributed by atoms with Crippen LogP contribution in [0.25, 0.3) is 0 Å². The van der Waals surface area contributed by atoms with Crippen LogP contribution in [0.15, 0.2) is 18.2 Å². The number of carbonyl (C=O) groups excluding carboxylic acids is 1. The van der Waals surface area contributed by atoms with Crippen LogP contribution in [-0.2, 0) is 11.2 Å². The molecule has 0 aromatic heterocycles. The van der Waals surface area contributed by atoms with Crippen LogP contribution in [-0.4, -0.2) is 24.2 Å². The zero-order chi connectivity index (χ0) is 12.1. The summed E-state index contributed by atoms with van der Waals surface area (Å²) < 4.78 is 4.57. The lowest BCUT2D eigenvalue weighted by Crippen LogP contribution is -2.15. The molecule has 0 heterocycles. The molecule has 1 aromatic rings. The molecule has 0 spiro atoms. The highest BCUT2D eigenvalue weighted by atomic mass is 16.5. The van der Waals surface area contributed by atoms with Crippen molar-refractivity contribution in [3.05, 3.63) is 29.3 Å². The monoisotopic (exact) mass is 223 g/mol. The van der Waals surface area contributed by atoms with Crippen LogP contribution in [0.1, 0.15) is 29.3 Å². The molecule has 0 saturated heterocycles. The Labute approximate surface area is 95.0 Å². The first-order valence-corrected chi connectivity index (χ1v) is 5.20. The van der Waals surface area contributed by atoms with E-state index in [0.29, 0.717) is 0 Å². The summed E-state index contributed by atoms with van der Waals surface area (Å²) in [5, 5.41) is 9.49. The number of phenolic OH excluding ortho intramolecular Hbond substituents is 1. The van der Waals surface area contributed by atoms with Crippen LogP contribution >= 0.6 is 0 Å². The summed E-state index contributed by atoms with van der Waals surface area (Å²) in [5.41, 5.74) is 6.82. The zero-order valence-electron chi connectivity index (χ0n) is 9.56. The van der Waals surface area contributed by atoms with Crippen LogP contribution in [0.5, 0.6) is 5.75 Å². The highest BCUT2D eigenvalue weighted by molar-refractivity contribution is 5.92. The first kappa shape index (κ1) is 12.5. The third kappa shape index (κ3) is 3.24. The summed E-state index contributed by atoms with van der Waals surface area (Å²) in [7, 11) is 1.29. The third-order valence-electron chi connectivity index (χ3n) is 2.35. The minimum absolute atomic E-state index is 0.0589. The molecule has 88 valence electrons. The van der Waals surface area contributed by atoms with Gasteiger partial charge < -0.3 is 15.6 Å². The van der Waals surface area contributed by atoms with Gasteiger partial charge in [-0.1, -0.05) is 6.07 Å². The summed E-state index contributed by atoms with van der Waals surface area (Å²) in [6.45, 7) is 1.93. The van der Waals surface area contributed by atoms with Crippen molar-refractivity contribution in [3.8, 4) is 5.75 Å². The van der Waals surface area contributed by atoms with Crippen molar-refractivity contribution in [3.63, 3.8) is 0 Å². The second-order valence-corrected chi connectivity index (χ2v) is 3.86. The Morgan fingerprint density at radius 3 is 2.81 bits per heavy atom. The molecule has 3 N–H and O–H groups in total. The molecule has 4 heteroatoms. The average molecular weight is 223 g/mol. The number of ether oxygens (including phenoxy) is 1. The summed E-state index contributed by atoms with van der Waals surface area (Å²) in [6, 6.07) is 5.05. The summed E-state index contributed by atoms with van der Waals surface area (Å²) in [5.74, 6) is -0.587. The van der Waals surface area contributed by atoms with Gasteiger partial charge in [0.1, 0.15) is 11.3 Å². The molecule has 0 saturated carbocycles. The fraction of sp³-hybridized carbons (Fsp3) is 0.417. The van der Waals surface area contributed by atoms with Gasteiger partial charge >= 0.3 is 5.97 Å². The van der Waals surface area contributed by atoms with Gasteiger partial charge in [0.2, 0.25) is 0 Å². The van der Waals surface area contributed by atoms with Crippen LogP contribution < -0.4 is 5.73 Å². The minimum atomic E-state index is -0.528. The van der Waals surface area contributed by atoms with Crippen LogP contribution in [0, 0.1) is 0 Å². The normalized spacial score (nSPS) is 12.2. The second-order valence-electron chi connectivity index (χ2n) is 3.86. The number of carbonyl (C=O) groups is 1. The van der Waals surface area contributed by atoms with E-state index in [1.807, 2.05) is 6.92 Å². The van der Waals surface area contributed by atoms with Crippen molar-refractivity contribution in [1.29, 1.82) is 0 Å². The van der Waals surface area contributed by atoms with E-state index >= 15 is 0 Å². The molecule has 0 aliphatic carbocycles. The lowest BCUT2D eigenvalue weighted by molar-refractivity contribution is 0.0597.